The molecular weight excluding hydrogens is 322 g/mol. The minimum absolute atomic E-state index is 0.0262. The highest BCUT2D eigenvalue weighted by molar-refractivity contribution is 5.83. The van der Waals surface area contributed by atoms with Gasteiger partial charge in [0.2, 0.25) is 5.91 Å². The van der Waals surface area contributed by atoms with Crippen LogP contribution in [-0.2, 0) is 11.2 Å². The van der Waals surface area contributed by atoms with E-state index in [0.717, 1.165) is 11.3 Å². The summed E-state index contributed by atoms with van der Waals surface area (Å²) in [4.78, 5) is 22.3. The Kier molecular flexibility index (Phi) is 6.22. The zero-order chi connectivity index (χ0) is 18.2. The van der Waals surface area contributed by atoms with E-state index in [4.69, 9.17) is 4.74 Å². The molecule has 0 aliphatic rings. The third kappa shape index (κ3) is 5.42. The second-order valence-electron chi connectivity index (χ2n) is 5.54. The highest BCUT2D eigenvalue weighted by Gasteiger charge is 2.13. The van der Waals surface area contributed by atoms with Crippen molar-refractivity contribution in [1.29, 1.82) is 0 Å². The van der Waals surface area contributed by atoms with Crippen LogP contribution in [0.2, 0.25) is 0 Å². The molecule has 0 saturated heterocycles. The molecule has 0 bridgehead atoms. The second kappa shape index (κ2) is 8.58. The first-order chi connectivity index (χ1) is 12.0. The summed E-state index contributed by atoms with van der Waals surface area (Å²) >= 11 is 0. The van der Waals surface area contributed by atoms with Gasteiger partial charge in [0.25, 0.3) is 5.69 Å². The predicted octanol–water partition coefficient (Wildman–Crippen LogP) is 2.93. The molecular formula is C18H19N3O4. The van der Waals surface area contributed by atoms with Crippen molar-refractivity contribution in [2.75, 3.05) is 7.11 Å². The van der Waals surface area contributed by atoms with Crippen molar-refractivity contribution < 1.29 is 14.5 Å². The minimum atomic E-state index is -0.480. The molecule has 7 heteroatoms. The van der Waals surface area contributed by atoms with Gasteiger partial charge < -0.3 is 4.74 Å². The third-order valence-corrected chi connectivity index (χ3v) is 3.59. The molecule has 0 aromatic heterocycles. The number of non-ortho nitro benzene ring substituents is 1. The molecule has 1 N–H and O–H groups in total. The summed E-state index contributed by atoms with van der Waals surface area (Å²) in [5, 5.41) is 14.6. The minimum Gasteiger partial charge on any atom is -0.497 e. The monoisotopic (exact) mass is 341 g/mol. The number of nitro groups is 1. The standard InChI is InChI=1S/C18H19N3O4/c1-13(9-14-5-4-8-17(11-14)25-2)18(22)20-19-12-15-6-3-7-16(10-15)21(23)24/h3-8,10-13H,9H2,1-2H3,(H,20,22)/b19-12+. The number of hydrazone groups is 1. The molecule has 0 aliphatic carbocycles. The maximum atomic E-state index is 12.1. The van der Waals surface area contributed by atoms with Gasteiger partial charge in [0.15, 0.2) is 0 Å². The van der Waals surface area contributed by atoms with E-state index in [0.29, 0.717) is 12.0 Å². The Hall–Kier alpha value is -3.22. The van der Waals surface area contributed by atoms with Crippen LogP contribution < -0.4 is 10.2 Å². The number of nitrogens with one attached hydrogen (secondary N) is 1. The fourth-order valence-corrected chi connectivity index (χ4v) is 2.24. The Morgan fingerprint density at radius 2 is 2.08 bits per heavy atom. The number of ether oxygens (including phenoxy) is 1. The Morgan fingerprint density at radius 1 is 1.32 bits per heavy atom. The largest absolute Gasteiger partial charge is 0.497 e. The lowest BCUT2D eigenvalue weighted by Gasteiger charge is -2.10. The van der Waals surface area contributed by atoms with E-state index >= 15 is 0 Å². The van der Waals surface area contributed by atoms with Gasteiger partial charge in [-0.1, -0.05) is 31.2 Å². The Bertz CT molecular complexity index is 789. The summed E-state index contributed by atoms with van der Waals surface area (Å²) in [6, 6.07) is 13.5. The van der Waals surface area contributed by atoms with Gasteiger partial charge in [0.05, 0.1) is 18.2 Å². The van der Waals surface area contributed by atoms with Gasteiger partial charge in [0.1, 0.15) is 5.75 Å². The molecule has 0 spiro atoms. The number of carbonyl (C=O) groups is 1. The molecule has 1 unspecified atom stereocenters. The molecule has 0 aliphatic heterocycles. The normalized spacial score (nSPS) is 11.9. The van der Waals surface area contributed by atoms with Gasteiger partial charge in [0, 0.05) is 23.6 Å². The number of hydrogen-bond donors (Lipinski definition) is 1. The molecule has 0 saturated carbocycles. The number of carbonyl (C=O) groups excluding carboxylic acids is 1. The summed E-state index contributed by atoms with van der Waals surface area (Å²) in [5.74, 6) is 0.229. The van der Waals surface area contributed by atoms with Crippen LogP contribution in [0.25, 0.3) is 0 Å². The van der Waals surface area contributed by atoms with E-state index in [2.05, 4.69) is 10.5 Å². The molecule has 2 rings (SSSR count). The van der Waals surface area contributed by atoms with Crippen LogP contribution in [0.5, 0.6) is 5.75 Å². The lowest BCUT2D eigenvalue weighted by Crippen LogP contribution is -2.26. The first kappa shape index (κ1) is 18.1. The summed E-state index contributed by atoms with van der Waals surface area (Å²) in [6.07, 6.45) is 1.93. The van der Waals surface area contributed by atoms with Gasteiger partial charge in [-0.25, -0.2) is 5.43 Å². The number of benzene rings is 2. The van der Waals surface area contributed by atoms with E-state index < -0.39 is 4.92 Å². The molecule has 2 aromatic rings. The van der Waals surface area contributed by atoms with Crippen molar-refractivity contribution in [3.63, 3.8) is 0 Å². The molecule has 1 atom stereocenters. The Morgan fingerprint density at radius 3 is 2.80 bits per heavy atom. The zero-order valence-corrected chi connectivity index (χ0v) is 14.0. The van der Waals surface area contributed by atoms with Crippen LogP contribution in [0.3, 0.4) is 0 Å². The predicted molar refractivity (Wildman–Crippen MR) is 94.7 cm³/mol. The molecule has 1 amide bonds. The average Bonchev–Trinajstić information content (AvgIpc) is 2.62. The van der Waals surface area contributed by atoms with E-state index in [1.807, 2.05) is 24.3 Å². The van der Waals surface area contributed by atoms with Crippen molar-refractivity contribution in [3.05, 3.63) is 69.8 Å². The second-order valence-corrected chi connectivity index (χ2v) is 5.54. The average molecular weight is 341 g/mol. The molecule has 0 fully saturated rings. The third-order valence-electron chi connectivity index (χ3n) is 3.59. The molecule has 2 aromatic carbocycles. The van der Waals surface area contributed by atoms with Crippen LogP contribution in [0, 0.1) is 16.0 Å². The van der Waals surface area contributed by atoms with Gasteiger partial charge in [-0.05, 0) is 24.1 Å². The summed E-state index contributed by atoms with van der Waals surface area (Å²) < 4.78 is 5.17. The molecule has 0 heterocycles. The maximum Gasteiger partial charge on any atom is 0.270 e. The smallest absolute Gasteiger partial charge is 0.270 e. The number of nitro benzene ring substituents is 1. The van der Waals surface area contributed by atoms with E-state index in [1.54, 1.807) is 26.2 Å². The summed E-state index contributed by atoms with van der Waals surface area (Å²) in [6.45, 7) is 1.80. The van der Waals surface area contributed by atoms with Crippen molar-refractivity contribution in [2.45, 2.75) is 13.3 Å². The van der Waals surface area contributed by atoms with Crippen LogP contribution >= 0.6 is 0 Å². The van der Waals surface area contributed by atoms with Gasteiger partial charge in [-0.15, -0.1) is 0 Å². The lowest BCUT2D eigenvalue weighted by atomic mass is 10.0. The molecule has 25 heavy (non-hydrogen) atoms. The SMILES string of the molecule is COc1cccc(CC(C)C(=O)N/N=C/c2cccc([N+](=O)[O-])c2)c1. The number of nitrogens with zero attached hydrogens (tertiary/aromatic N) is 2. The highest BCUT2D eigenvalue weighted by Crippen LogP contribution is 2.16. The fraction of sp³-hybridized carbons (Fsp3) is 0.222. The fourth-order valence-electron chi connectivity index (χ4n) is 2.24. The quantitative estimate of drug-likeness (QED) is 0.476. The van der Waals surface area contributed by atoms with Crippen LogP contribution in [0.1, 0.15) is 18.1 Å². The van der Waals surface area contributed by atoms with E-state index in [1.165, 1.54) is 18.3 Å². The van der Waals surface area contributed by atoms with Gasteiger partial charge in [-0.2, -0.15) is 5.10 Å². The topological polar surface area (TPSA) is 93.8 Å². The first-order valence-corrected chi connectivity index (χ1v) is 7.70. The van der Waals surface area contributed by atoms with Gasteiger partial charge in [-0.3, -0.25) is 14.9 Å². The highest BCUT2D eigenvalue weighted by atomic mass is 16.6. The molecule has 130 valence electrons. The van der Waals surface area contributed by atoms with Crippen molar-refractivity contribution >= 4 is 17.8 Å². The summed E-state index contributed by atoms with van der Waals surface area (Å²) in [5.41, 5.74) is 3.96. The van der Waals surface area contributed by atoms with Crippen LogP contribution in [0.4, 0.5) is 5.69 Å². The van der Waals surface area contributed by atoms with E-state index in [9.17, 15) is 14.9 Å². The zero-order valence-electron chi connectivity index (χ0n) is 14.0. The van der Waals surface area contributed by atoms with Crippen LogP contribution in [0.15, 0.2) is 53.6 Å². The van der Waals surface area contributed by atoms with Crippen molar-refractivity contribution in [3.8, 4) is 5.75 Å². The summed E-state index contributed by atoms with van der Waals surface area (Å²) in [7, 11) is 1.60. The molecule has 0 radical (unpaired) electrons. The van der Waals surface area contributed by atoms with Crippen LogP contribution in [-0.4, -0.2) is 24.2 Å². The Balaban J connectivity index is 1.92. The van der Waals surface area contributed by atoms with Crippen molar-refractivity contribution in [2.24, 2.45) is 11.0 Å². The molecule has 7 nitrogen and oxygen atoms in total. The Labute approximate surface area is 145 Å². The number of amides is 1. The van der Waals surface area contributed by atoms with Crippen molar-refractivity contribution in [1.82, 2.24) is 5.43 Å². The number of rotatable bonds is 7. The number of hydrogen-bond acceptors (Lipinski definition) is 5. The van der Waals surface area contributed by atoms with E-state index in [-0.39, 0.29) is 17.5 Å². The van der Waals surface area contributed by atoms with Gasteiger partial charge >= 0.3 is 0 Å². The maximum absolute atomic E-state index is 12.1. The number of methoxy groups -OCH3 is 1. The lowest BCUT2D eigenvalue weighted by molar-refractivity contribution is -0.384. The first-order valence-electron chi connectivity index (χ1n) is 7.70.